The van der Waals surface area contributed by atoms with Crippen molar-refractivity contribution in [2.45, 2.75) is 51.0 Å². The summed E-state index contributed by atoms with van der Waals surface area (Å²) in [7, 11) is 0. The van der Waals surface area contributed by atoms with Gasteiger partial charge in [0.05, 0.1) is 6.04 Å². The highest BCUT2D eigenvalue weighted by Crippen LogP contribution is 2.39. The zero-order valence-corrected chi connectivity index (χ0v) is 13.6. The molecule has 1 saturated carbocycles. The van der Waals surface area contributed by atoms with Crippen LogP contribution < -0.4 is 9.47 Å². The van der Waals surface area contributed by atoms with E-state index in [1.165, 1.54) is 24.8 Å². The number of likely N-dealkylation sites (tertiary alicyclic amines) is 1. The van der Waals surface area contributed by atoms with Crippen LogP contribution in [-0.2, 0) is 4.79 Å². The van der Waals surface area contributed by atoms with Gasteiger partial charge in [0, 0.05) is 12.5 Å². The smallest absolute Gasteiger partial charge is 0.226 e. The number of hydrogen-bond donors (Lipinski definition) is 0. The SMILES string of the molecule is O=C(C1CCCCC1)N1CCC[C@@H]1c1ccc2c(c1)OCCO2. The van der Waals surface area contributed by atoms with E-state index in [0.29, 0.717) is 19.1 Å². The van der Waals surface area contributed by atoms with Crippen LogP contribution >= 0.6 is 0 Å². The summed E-state index contributed by atoms with van der Waals surface area (Å²) < 4.78 is 11.3. The zero-order chi connectivity index (χ0) is 15.6. The van der Waals surface area contributed by atoms with Crippen molar-refractivity contribution < 1.29 is 14.3 Å². The van der Waals surface area contributed by atoms with Crippen molar-refractivity contribution in [3.63, 3.8) is 0 Å². The molecule has 2 aliphatic heterocycles. The van der Waals surface area contributed by atoms with Crippen LogP contribution in [0.15, 0.2) is 18.2 Å². The average Bonchev–Trinajstić information content (AvgIpc) is 3.11. The molecule has 4 nitrogen and oxygen atoms in total. The third kappa shape index (κ3) is 2.91. The minimum atomic E-state index is 0.209. The summed E-state index contributed by atoms with van der Waals surface area (Å²) in [5.41, 5.74) is 1.19. The highest BCUT2D eigenvalue weighted by atomic mass is 16.6. The molecule has 1 amide bonds. The Morgan fingerprint density at radius 3 is 2.57 bits per heavy atom. The molecule has 0 unspecified atom stereocenters. The fourth-order valence-corrected chi connectivity index (χ4v) is 4.23. The van der Waals surface area contributed by atoms with Crippen LogP contribution in [0, 0.1) is 5.92 Å². The summed E-state index contributed by atoms with van der Waals surface area (Å²) >= 11 is 0. The molecule has 3 aliphatic rings. The quantitative estimate of drug-likeness (QED) is 0.835. The molecule has 0 aromatic heterocycles. The normalized spacial score (nSPS) is 24.7. The molecular weight excluding hydrogens is 290 g/mol. The Morgan fingerprint density at radius 1 is 0.957 bits per heavy atom. The minimum absolute atomic E-state index is 0.209. The molecule has 1 aromatic rings. The first-order chi connectivity index (χ1) is 11.3. The summed E-state index contributed by atoms with van der Waals surface area (Å²) in [5.74, 6) is 2.28. The second-order valence-corrected chi connectivity index (χ2v) is 6.93. The summed E-state index contributed by atoms with van der Waals surface area (Å²) in [6.07, 6.45) is 8.00. The van der Waals surface area contributed by atoms with Gasteiger partial charge >= 0.3 is 0 Å². The molecule has 23 heavy (non-hydrogen) atoms. The Hall–Kier alpha value is -1.71. The lowest BCUT2D eigenvalue weighted by molar-refractivity contribution is -0.137. The predicted molar refractivity (Wildman–Crippen MR) is 87.7 cm³/mol. The molecule has 1 aliphatic carbocycles. The number of ether oxygens (including phenoxy) is 2. The lowest BCUT2D eigenvalue weighted by Crippen LogP contribution is -2.36. The van der Waals surface area contributed by atoms with Crippen LogP contribution in [0.1, 0.15) is 56.6 Å². The lowest BCUT2D eigenvalue weighted by Gasteiger charge is -2.31. The predicted octanol–water partition coefficient (Wildman–Crippen LogP) is 3.70. The van der Waals surface area contributed by atoms with Crippen molar-refractivity contribution in [1.82, 2.24) is 4.90 Å². The molecule has 0 bridgehead atoms. The first-order valence-electron chi connectivity index (χ1n) is 9.03. The first-order valence-corrected chi connectivity index (χ1v) is 9.03. The average molecular weight is 315 g/mol. The topological polar surface area (TPSA) is 38.8 Å². The zero-order valence-electron chi connectivity index (χ0n) is 13.6. The van der Waals surface area contributed by atoms with Crippen LogP contribution in [0.4, 0.5) is 0 Å². The number of nitrogens with zero attached hydrogens (tertiary/aromatic N) is 1. The number of hydrogen-bond acceptors (Lipinski definition) is 3. The number of rotatable bonds is 2. The van der Waals surface area contributed by atoms with E-state index in [1.54, 1.807) is 0 Å². The Kier molecular flexibility index (Phi) is 4.15. The summed E-state index contributed by atoms with van der Waals surface area (Å²) in [5, 5.41) is 0. The summed E-state index contributed by atoms with van der Waals surface area (Å²) in [4.78, 5) is 15.1. The minimum Gasteiger partial charge on any atom is -0.486 e. The monoisotopic (exact) mass is 315 g/mol. The van der Waals surface area contributed by atoms with Crippen molar-refractivity contribution in [1.29, 1.82) is 0 Å². The molecule has 1 atom stereocenters. The maximum Gasteiger partial charge on any atom is 0.226 e. The first kappa shape index (κ1) is 14.9. The molecule has 2 fully saturated rings. The van der Waals surface area contributed by atoms with E-state index >= 15 is 0 Å². The number of carbonyl (C=O) groups excluding carboxylic acids is 1. The van der Waals surface area contributed by atoms with Gasteiger partial charge < -0.3 is 14.4 Å². The number of fused-ring (bicyclic) bond motifs is 1. The van der Waals surface area contributed by atoms with Crippen LogP contribution in [0.5, 0.6) is 11.5 Å². The molecule has 4 rings (SSSR count). The number of benzene rings is 1. The maximum absolute atomic E-state index is 12.9. The molecule has 1 saturated heterocycles. The Balaban J connectivity index is 1.54. The van der Waals surface area contributed by atoms with Gasteiger partial charge in [0.2, 0.25) is 5.91 Å². The van der Waals surface area contributed by atoms with Gasteiger partial charge in [-0.2, -0.15) is 0 Å². The molecule has 124 valence electrons. The van der Waals surface area contributed by atoms with E-state index in [4.69, 9.17) is 9.47 Å². The molecule has 0 N–H and O–H groups in total. The van der Waals surface area contributed by atoms with Crippen molar-refractivity contribution in [3.8, 4) is 11.5 Å². The van der Waals surface area contributed by atoms with E-state index in [-0.39, 0.29) is 12.0 Å². The second-order valence-electron chi connectivity index (χ2n) is 6.93. The van der Waals surface area contributed by atoms with Gasteiger partial charge in [-0.05, 0) is 43.4 Å². The Morgan fingerprint density at radius 2 is 1.74 bits per heavy atom. The van der Waals surface area contributed by atoms with Gasteiger partial charge in [0.25, 0.3) is 0 Å². The number of carbonyl (C=O) groups is 1. The van der Waals surface area contributed by atoms with E-state index in [9.17, 15) is 4.79 Å². The van der Waals surface area contributed by atoms with Crippen LogP contribution in [0.3, 0.4) is 0 Å². The van der Waals surface area contributed by atoms with Gasteiger partial charge in [-0.1, -0.05) is 25.3 Å². The van der Waals surface area contributed by atoms with E-state index in [2.05, 4.69) is 17.0 Å². The van der Waals surface area contributed by atoms with E-state index in [1.807, 2.05) is 6.07 Å². The van der Waals surface area contributed by atoms with Crippen molar-refractivity contribution in [2.75, 3.05) is 19.8 Å². The highest BCUT2D eigenvalue weighted by Gasteiger charge is 2.34. The van der Waals surface area contributed by atoms with Crippen molar-refractivity contribution >= 4 is 5.91 Å². The highest BCUT2D eigenvalue weighted by molar-refractivity contribution is 5.79. The van der Waals surface area contributed by atoms with Crippen molar-refractivity contribution in [2.24, 2.45) is 5.92 Å². The molecule has 0 spiro atoms. The molecule has 2 heterocycles. The largest absolute Gasteiger partial charge is 0.486 e. The molecule has 4 heteroatoms. The fourth-order valence-electron chi connectivity index (χ4n) is 4.23. The second kappa shape index (κ2) is 6.42. The Labute approximate surface area is 137 Å². The van der Waals surface area contributed by atoms with Gasteiger partial charge in [0.15, 0.2) is 11.5 Å². The number of amides is 1. The summed E-state index contributed by atoms with van der Waals surface area (Å²) in [6, 6.07) is 6.38. The standard InChI is InChI=1S/C19H25NO3/c21-19(14-5-2-1-3-6-14)20-10-4-7-16(20)15-8-9-17-18(13-15)23-12-11-22-17/h8-9,13-14,16H,1-7,10-12H2/t16-/m1/s1. The van der Waals surface area contributed by atoms with E-state index < -0.39 is 0 Å². The third-order valence-electron chi connectivity index (χ3n) is 5.44. The van der Waals surface area contributed by atoms with Crippen LogP contribution in [-0.4, -0.2) is 30.6 Å². The van der Waals surface area contributed by atoms with E-state index in [0.717, 1.165) is 43.7 Å². The maximum atomic E-state index is 12.9. The lowest BCUT2D eigenvalue weighted by atomic mass is 9.88. The Bertz CT molecular complexity index is 580. The molecule has 0 radical (unpaired) electrons. The van der Waals surface area contributed by atoms with Gasteiger partial charge in [-0.3, -0.25) is 4.79 Å². The summed E-state index contributed by atoms with van der Waals surface area (Å²) in [6.45, 7) is 2.11. The third-order valence-corrected chi connectivity index (χ3v) is 5.44. The van der Waals surface area contributed by atoms with Crippen LogP contribution in [0.2, 0.25) is 0 Å². The molecular formula is C19H25NO3. The van der Waals surface area contributed by atoms with Crippen molar-refractivity contribution in [3.05, 3.63) is 23.8 Å². The van der Waals surface area contributed by atoms with Crippen LogP contribution in [0.25, 0.3) is 0 Å². The van der Waals surface area contributed by atoms with Gasteiger partial charge in [-0.15, -0.1) is 0 Å². The van der Waals surface area contributed by atoms with Gasteiger partial charge in [-0.25, -0.2) is 0 Å². The van der Waals surface area contributed by atoms with Gasteiger partial charge in [0.1, 0.15) is 13.2 Å². The molecule has 1 aromatic carbocycles. The fraction of sp³-hybridized carbons (Fsp3) is 0.632.